The van der Waals surface area contributed by atoms with Gasteiger partial charge >= 0.3 is 5.97 Å². The van der Waals surface area contributed by atoms with Crippen molar-refractivity contribution in [1.29, 1.82) is 0 Å². The van der Waals surface area contributed by atoms with Gasteiger partial charge < -0.3 is 4.74 Å². The normalized spacial score (nSPS) is 10.8. The van der Waals surface area contributed by atoms with E-state index in [1.807, 2.05) is 63.2 Å². The molecular formula is C26H22ClN3O3. The van der Waals surface area contributed by atoms with Gasteiger partial charge in [-0.15, -0.1) is 5.10 Å². The highest BCUT2D eigenvalue weighted by Crippen LogP contribution is 2.23. The number of ether oxygens (including phenoxy) is 1. The molecule has 3 aromatic carbocycles. The van der Waals surface area contributed by atoms with Gasteiger partial charge in [0.15, 0.2) is 18.2 Å². The Labute approximate surface area is 196 Å². The van der Waals surface area contributed by atoms with E-state index in [2.05, 4.69) is 10.1 Å². The van der Waals surface area contributed by atoms with Crippen molar-refractivity contribution in [2.45, 2.75) is 20.8 Å². The third-order valence-corrected chi connectivity index (χ3v) is 5.59. The molecule has 4 rings (SSSR count). The Morgan fingerprint density at radius 2 is 1.61 bits per heavy atom. The number of hydrogen-bond acceptors (Lipinski definition) is 5. The number of esters is 1. The third kappa shape index (κ3) is 5.02. The fraction of sp³-hybridized carbons (Fsp3) is 0.154. The predicted octanol–water partition coefficient (Wildman–Crippen LogP) is 5.55. The largest absolute Gasteiger partial charge is 0.451 e. The molecule has 0 N–H and O–H groups in total. The molecular weight excluding hydrogens is 438 g/mol. The van der Waals surface area contributed by atoms with Crippen LogP contribution in [0, 0.1) is 20.8 Å². The summed E-state index contributed by atoms with van der Waals surface area (Å²) in [5.41, 5.74) is 5.34. The zero-order valence-corrected chi connectivity index (χ0v) is 19.3. The lowest BCUT2D eigenvalue weighted by molar-refractivity contribution is 0.0462. The quantitative estimate of drug-likeness (QED) is 0.279. The van der Waals surface area contributed by atoms with Gasteiger partial charge in [-0.3, -0.25) is 4.79 Å². The Balaban J connectivity index is 1.63. The van der Waals surface area contributed by atoms with Crippen molar-refractivity contribution in [3.8, 4) is 17.1 Å². The maximum Gasteiger partial charge on any atom is 0.378 e. The summed E-state index contributed by atoms with van der Waals surface area (Å²) in [5, 5.41) is 4.94. The molecule has 4 aromatic rings. The Hall–Kier alpha value is -3.77. The van der Waals surface area contributed by atoms with Crippen LogP contribution in [0.25, 0.3) is 17.1 Å². The fourth-order valence-electron chi connectivity index (χ4n) is 3.24. The summed E-state index contributed by atoms with van der Waals surface area (Å²) >= 11 is 5.85. The van der Waals surface area contributed by atoms with Gasteiger partial charge in [0.05, 0.1) is 5.69 Å². The number of aromatic nitrogens is 3. The minimum absolute atomic E-state index is 0.118. The van der Waals surface area contributed by atoms with Gasteiger partial charge in [0.1, 0.15) is 0 Å². The van der Waals surface area contributed by atoms with Crippen LogP contribution in [-0.2, 0) is 4.74 Å². The summed E-state index contributed by atoms with van der Waals surface area (Å²) in [6.07, 6.45) is 0. The standard InChI is InChI=1S/C26H22ClN3O3/c1-16-4-7-20(8-5-16)25-28-24(29-30(25)22-13-6-17(2)18(3)14-22)26(32)33-15-23(31)19-9-11-21(27)12-10-19/h4-14H,15H2,1-3H3. The van der Waals surface area contributed by atoms with Crippen molar-refractivity contribution in [3.63, 3.8) is 0 Å². The molecule has 166 valence electrons. The molecule has 0 aliphatic rings. The number of halogens is 1. The highest BCUT2D eigenvalue weighted by Gasteiger charge is 2.21. The lowest BCUT2D eigenvalue weighted by Gasteiger charge is -2.08. The summed E-state index contributed by atoms with van der Waals surface area (Å²) in [5.74, 6) is -0.720. The second-order valence-corrected chi connectivity index (χ2v) is 8.25. The summed E-state index contributed by atoms with van der Waals surface area (Å²) in [7, 11) is 0. The Morgan fingerprint density at radius 3 is 2.27 bits per heavy atom. The van der Waals surface area contributed by atoms with Gasteiger partial charge in [-0.05, 0) is 68.3 Å². The summed E-state index contributed by atoms with van der Waals surface area (Å²) in [6, 6.07) is 20.1. The maximum absolute atomic E-state index is 12.7. The van der Waals surface area contributed by atoms with Gasteiger partial charge in [-0.2, -0.15) is 0 Å². The average Bonchev–Trinajstić information content (AvgIpc) is 3.25. The topological polar surface area (TPSA) is 74.1 Å². The Bertz CT molecular complexity index is 1330. The van der Waals surface area contributed by atoms with E-state index in [9.17, 15) is 9.59 Å². The zero-order valence-electron chi connectivity index (χ0n) is 18.5. The van der Waals surface area contributed by atoms with E-state index in [-0.39, 0.29) is 11.6 Å². The number of rotatable bonds is 6. The lowest BCUT2D eigenvalue weighted by Crippen LogP contribution is -2.15. The van der Waals surface area contributed by atoms with E-state index in [1.165, 1.54) is 0 Å². The van der Waals surface area contributed by atoms with E-state index in [0.717, 1.165) is 27.9 Å². The Kier molecular flexibility index (Phi) is 6.38. The third-order valence-electron chi connectivity index (χ3n) is 5.34. The zero-order chi connectivity index (χ0) is 23.5. The van der Waals surface area contributed by atoms with Crippen LogP contribution in [-0.4, -0.2) is 33.1 Å². The van der Waals surface area contributed by atoms with E-state index in [1.54, 1.807) is 28.9 Å². The molecule has 0 spiro atoms. The molecule has 0 fully saturated rings. The predicted molar refractivity (Wildman–Crippen MR) is 127 cm³/mol. The minimum Gasteiger partial charge on any atom is -0.451 e. The van der Waals surface area contributed by atoms with Crippen molar-refractivity contribution >= 4 is 23.4 Å². The van der Waals surface area contributed by atoms with Crippen LogP contribution in [0.5, 0.6) is 0 Å². The van der Waals surface area contributed by atoms with E-state index in [0.29, 0.717) is 16.4 Å². The number of carbonyl (C=O) groups is 2. The van der Waals surface area contributed by atoms with Gasteiger partial charge in [0, 0.05) is 16.1 Å². The van der Waals surface area contributed by atoms with Gasteiger partial charge in [0.2, 0.25) is 0 Å². The second-order valence-electron chi connectivity index (χ2n) is 7.81. The first kappa shape index (κ1) is 22.4. The number of benzene rings is 3. The van der Waals surface area contributed by atoms with Gasteiger partial charge in [-0.1, -0.05) is 47.5 Å². The molecule has 0 saturated carbocycles. The molecule has 1 aromatic heterocycles. The van der Waals surface area contributed by atoms with E-state index in [4.69, 9.17) is 16.3 Å². The molecule has 0 amide bonds. The number of aryl methyl sites for hydroxylation is 3. The van der Waals surface area contributed by atoms with Gasteiger partial charge in [0.25, 0.3) is 5.82 Å². The molecule has 1 heterocycles. The first-order valence-electron chi connectivity index (χ1n) is 10.4. The van der Waals surface area contributed by atoms with Crippen LogP contribution in [0.4, 0.5) is 0 Å². The molecule has 0 aliphatic carbocycles. The van der Waals surface area contributed by atoms with Crippen molar-refractivity contribution in [2.75, 3.05) is 6.61 Å². The number of carbonyl (C=O) groups excluding carboxylic acids is 2. The lowest BCUT2D eigenvalue weighted by atomic mass is 10.1. The number of Topliss-reactive ketones (excluding diaryl/α,β-unsaturated/α-hetero) is 1. The molecule has 0 atom stereocenters. The SMILES string of the molecule is Cc1ccc(-c2nc(C(=O)OCC(=O)c3ccc(Cl)cc3)nn2-c2ccc(C)c(C)c2)cc1. The van der Waals surface area contributed by atoms with Crippen LogP contribution in [0.2, 0.25) is 5.02 Å². The van der Waals surface area contributed by atoms with E-state index >= 15 is 0 Å². The number of hydrogen-bond donors (Lipinski definition) is 0. The van der Waals surface area contributed by atoms with Crippen LogP contribution in [0.3, 0.4) is 0 Å². The fourth-order valence-corrected chi connectivity index (χ4v) is 3.37. The molecule has 6 nitrogen and oxygen atoms in total. The molecule has 0 aliphatic heterocycles. The van der Waals surface area contributed by atoms with Crippen molar-refractivity contribution in [3.05, 3.63) is 99.8 Å². The second kappa shape index (κ2) is 9.38. The molecule has 0 saturated heterocycles. The Morgan fingerprint density at radius 1 is 0.909 bits per heavy atom. The number of ketones is 1. The highest BCUT2D eigenvalue weighted by atomic mass is 35.5. The van der Waals surface area contributed by atoms with Crippen LogP contribution in [0.15, 0.2) is 66.7 Å². The van der Waals surface area contributed by atoms with E-state index < -0.39 is 12.6 Å². The van der Waals surface area contributed by atoms with Crippen molar-refractivity contribution in [1.82, 2.24) is 14.8 Å². The molecule has 33 heavy (non-hydrogen) atoms. The number of nitrogens with zero attached hydrogens (tertiary/aromatic N) is 3. The summed E-state index contributed by atoms with van der Waals surface area (Å²) < 4.78 is 6.84. The minimum atomic E-state index is -0.770. The van der Waals surface area contributed by atoms with Crippen molar-refractivity contribution < 1.29 is 14.3 Å². The molecule has 0 bridgehead atoms. The first-order valence-corrected chi connectivity index (χ1v) is 10.8. The summed E-state index contributed by atoms with van der Waals surface area (Å²) in [4.78, 5) is 29.5. The maximum atomic E-state index is 12.7. The average molecular weight is 460 g/mol. The van der Waals surface area contributed by atoms with Crippen LogP contribution < -0.4 is 0 Å². The molecule has 0 radical (unpaired) electrons. The molecule has 0 unspecified atom stereocenters. The molecule has 7 heteroatoms. The highest BCUT2D eigenvalue weighted by molar-refractivity contribution is 6.30. The van der Waals surface area contributed by atoms with Crippen molar-refractivity contribution in [2.24, 2.45) is 0 Å². The smallest absolute Gasteiger partial charge is 0.378 e. The van der Waals surface area contributed by atoms with Gasteiger partial charge in [-0.25, -0.2) is 14.5 Å². The van der Waals surface area contributed by atoms with Crippen LogP contribution in [0.1, 0.15) is 37.7 Å². The monoisotopic (exact) mass is 459 g/mol. The summed E-state index contributed by atoms with van der Waals surface area (Å²) in [6.45, 7) is 5.62. The first-order chi connectivity index (χ1) is 15.8. The van der Waals surface area contributed by atoms with Crippen LogP contribution >= 0.6 is 11.6 Å².